The molecular formula is C29H39N3O3. The molecule has 1 amide bonds. The fraction of sp³-hybridized carbons (Fsp3) is 0.552. The minimum Gasteiger partial charge on any atom is -0.508 e. The highest BCUT2D eigenvalue weighted by Crippen LogP contribution is 2.48. The fourth-order valence-electron chi connectivity index (χ4n) is 6.55. The first-order chi connectivity index (χ1) is 16.8. The lowest BCUT2D eigenvalue weighted by molar-refractivity contribution is -0.149. The lowest BCUT2D eigenvalue weighted by atomic mass is 9.66. The van der Waals surface area contributed by atoms with Gasteiger partial charge in [-0.25, -0.2) is 0 Å². The molecule has 0 aromatic heterocycles. The van der Waals surface area contributed by atoms with Gasteiger partial charge in [-0.1, -0.05) is 30.7 Å². The summed E-state index contributed by atoms with van der Waals surface area (Å²) in [7, 11) is 4.33. The maximum Gasteiger partial charge on any atom is 0.237 e. The Morgan fingerprint density at radius 1 is 0.914 bits per heavy atom. The van der Waals surface area contributed by atoms with Crippen molar-refractivity contribution in [2.45, 2.75) is 62.6 Å². The molecule has 2 aromatic rings. The van der Waals surface area contributed by atoms with E-state index >= 15 is 0 Å². The summed E-state index contributed by atoms with van der Waals surface area (Å²) in [4.78, 5) is 20.2. The number of aromatic hydroxyl groups is 2. The van der Waals surface area contributed by atoms with E-state index in [4.69, 9.17) is 0 Å². The normalized spacial score (nSPS) is 28.0. The molecule has 2 aromatic carbocycles. The summed E-state index contributed by atoms with van der Waals surface area (Å²) in [5, 5.41) is 19.5. The molecule has 0 atom stereocenters. The van der Waals surface area contributed by atoms with E-state index in [0.29, 0.717) is 18.8 Å². The van der Waals surface area contributed by atoms with Crippen molar-refractivity contribution in [1.29, 1.82) is 0 Å². The summed E-state index contributed by atoms with van der Waals surface area (Å²) < 4.78 is 0. The molecule has 0 unspecified atom stereocenters. The lowest BCUT2D eigenvalue weighted by Crippen LogP contribution is -2.67. The average molecular weight is 478 g/mol. The molecule has 1 saturated heterocycles. The second kappa shape index (κ2) is 9.47. The third-order valence-corrected chi connectivity index (χ3v) is 9.12. The molecule has 2 N–H and O–H groups in total. The van der Waals surface area contributed by atoms with Crippen LogP contribution in [-0.2, 0) is 16.9 Å². The zero-order valence-electron chi connectivity index (χ0n) is 21.1. The van der Waals surface area contributed by atoms with Gasteiger partial charge < -0.3 is 15.1 Å². The van der Waals surface area contributed by atoms with Gasteiger partial charge in [0.15, 0.2) is 0 Å². The molecule has 3 aliphatic rings. The van der Waals surface area contributed by atoms with E-state index in [0.717, 1.165) is 50.3 Å². The zero-order chi connectivity index (χ0) is 24.6. The molecule has 6 heteroatoms. The minimum absolute atomic E-state index is 0.00313. The molecule has 1 heterocycles. The van der Waals surface area contributed by atoms with Gasteiger partial charge in [-0.3, -0.25) is 14.6 Å². The second-order valence-electron chi connectivity index (χ2n) is 11.3. The van der Waals surface area contributed by atoms with E-state index in [9.17, 15) is 15.0 Å². The number of phenolic OH excluding ortho intramolecular Hbond substituents is 2. The van der Waals surface area contributed by atoms with Gasteiger partial charge in [-0.2, -0.15) is 0 Å². The number of carbonyl (C=O) groups excluding carboxylic acids is 1. The van der Waals surface area contributed by atoms with Crippen molar-refractivity contribution in [1.82, 2.24) is 14.7 Å². The van der Waals surface area contributed by atoms with Crippen LogP contribution in [0, 0.1) is 5.92 Å². The highest BCUT2D eigenvalue weighted by Gasteiger charge is 2.51. The Balaban J connectivity index is 1.40. The minimum atomic E-state index is -0.0651. The van der Waals surface area contributed by atoms with E-state index in [2.05, 4.69) is 36.0 Å². The standard InChI is InChI=1S/C29H39N3O3/c1-30(2)29(24-8-12-26(34)13-9-24)16-14-28(15-17-29)21-31(18-23-6-10-25(33)11-7-23)27(35)20-32(28)19-22-4-3-5-22/h6-13,22,33-34H,3-5,14-21H2,1-2H3. The summed E-state index contributed by atoms with van der Waals surface area (Å²) >= 11 is 0. The topological polar surface area (TPSA) is 67.2 Å². The fourth-order valence-corrected chi connectivity index (χ4v) is 6.55. The maximum atomic E-state index is 13.3. The molecule has 188 valence electrons. The summed E-state index contributed by atoms with van der Waals surface area (Å²) in [6, 6.07) is 15.0. The van der Waals surface area contributed by atoms with Crippen LogP contribution in [0.15, 0.2) is 48.5 Å². The summed E-state index contributed by atoms with van der Waals surface area (Å²) in [5.74, 6) is 1.49. The van der Waals surface area contributed by atoms with E-state index in [1.165, 1.54) is 24.8 Å². The second-order valence-corrected chi connectivity index (χ2v) is 11.3. The van der Waals surface area contributed by atoms with Gasteiger partial charge in [-0.05, 0) is 93.9 Å². The van der Waals surface area contributed by atoms with Crippen LogP contribution in [-0.4, -0.2) is 70.1 Å². The van der Waals surface area contributed by atoms with Gasteiger partial charge in [0.1, 0.15) is 11.5 Å². The summed E-state index contributed by atoms with van der Waals surface area (Å²) in [6.07, 6.45) is 8.01. The Morgan fingerprint density at radius 3 is 2.06 bits per heavy atom. The van der Waals surface area contributed by atoms with Gasteiger partial charge in [-0.15, -0.1) is 0 Å². The number of rotatable bonds is 6. The van der Waals surface area contributed by atoms with Gasteiger partial charge in [0, 0.05) is 30.7 Å². The van der Waals surface area contributed by atoms with E-state index < -0.39 is 0 Å². The van der Waals surface area contributed by atoms with Crippen LogP contribution in [0.5, 0.6) is 11.5 Å². The zero-order valence-corrected chi connectivity index (χ0v) is 21.1. The molecular weight excluding hydrogens is 438 g/mol. The van der Waals surface area contributed by atoms with Crippen molar-refractivity contribution in [3.63, 3.8) is 0 Å². The Hall–Kier alpha value is -2.57. The molecule has 1 spiro atoms. The predicted octanol–water partition coefficient (Wildman–Crippen LogP) is 4.31. The lowest BCUT2D eigenvalue weighted by Gasteiger charge is -2.58. The van der Waals surface area contributed by atoms with Crippen molar-refractivity contribution in [2.24, 2.45) is 5.92 Å². The van der Waals surface area contributed by atoms with Crippen LogP contribution < -0.4 is 0 Å². The molecule has 2 saturated carbocycles. The Labute approximate surface area is 209 Å². The average Bonchev–Trinajstić information content (AvgIpc) is 2.81. The summed E-state index contributed by atoms with van der Waals surface area (Å²) in [5.41, 5.74) is 2.25. The number of hydrogen-bond acceptors (Lipinski definition) is 5. The molecule has 5 rings (SSSR count). The van der Waals surface area contributed by atoms with E-state index in [1.807, 2.05) is 17.0 Å². The van der Waals surface area contributed by atoms with Crippen LogP contribution in [0.2, 0.25) is 0 Å². The Bertz CT molecular complexity index is 1020. The molecule has 0 bridgehead atoms. The predicted molar refractivity (Wildman–Crippen MR) is 137 cm³/mol. The summed E-state index contributed by atoms with van der Waals surface area (Å²) in [6.45, 7) is 2.89. The van der Waals surface area contributed by atoms with Crippen LogP contribution in [0.1, 0.15) is 56.1 Å². The quantitative estimate of drug-likeness (QED) is 0.649. The third-order valence-electron chi connectivity index (χ3n) is 9.12. The first-order valence-corrected chi connectivity index (χ1v) is 13.1. The van der Waals surface area contributed by atoms with Crippen LogP contribution in [0.4, 0.5) is 0 Å². The number of piperazine rings is 1. The van der Waals surface area contributed by atoms with Crippen molar-refractivity contribution in [2.75, 3.05) is 33.7 Å². The highest BCUT2D eigenvalue weighted by molar-refractivity contribution is 5.79. The molecule has 2 aliphatic carbocycles. The van der Waals surface area contributed by atoms with Crippen LogP contribution in [0.3, 0.4) is 0 Å². The monoisotopic (exact) mass is 477 g/mol. The number of phenols is 2. The third kappa shape index (κ3) is 4.66. The van der Waals surface area contributed by atoms with Gasteiger partial charge in [0.25, 0.3) is 0 Å². The number of hydrogen-bond donors (Lipinski definition) is 2. The van der Waals surface area contributed by atoms with Crippen LogP contribution >= 0.6 is 0 Å². The molecule has 0 radical (unpaired) electrons. The first kappa shape index (κ1) is 24.1. The molecule has 3 fully saturated rings. The highest BCUT2D eigenvalue weighted by atomic mass is 16.3. The molecule has 35 heavy (non-hydrogen) atoms. The van der Waals surface area contributed by atoms with Crippen LogP contribution in [0.25, 0.3) is 0 Å². The van der Waals surface area contributed by atoms with Gasteiger partial charge in [0.05, 0.1) is 6.54 Å². The largest absolute Gasteiger partial charge is 0.508 e. The molecule has 1 aliphatic heterocycles. The Morgan fingerprint density at radius 2 is 1.51 bits per heavy atom. The molecule has 6 nitrogen and oxygen atoms in total. The number of nitrogens with zero attached hydrogens (tertiary/aromatic N) is 3. The van der Waals surface area contributed by atoms with Crippen molar-refractivity contribution in [3.05, 3.63) is 59.7 Å². The number of benzene rings is 2. The van der Waals surface area contributed by atoms with E-state index in [1.54, 1.807) is 24.3 Å². The first-order valence-electron chi connectivity index (χ1n) is 13.1. The smallest absolute Gasteiger partial charge is 0.237 e. The van der Waals surface area contributed by atoms with Crippen molar-refractivity contribution < 1.29 is 15.0 Å². The SMILES string of the molecule is CN(C)C1(c2ccc(O)cc2)CCC2(CC1)CN(Cc1ccc(O)cc1)C(=O)CN2CC1CCC1. The van der Waals surface area contributed by atoms with Crippen molar-refractivity contribution >= 4 is 5.91 Å². The van der Waals surface area contributed by atoms with E-state index in [-0.39, 0.29) is 22.7 Å². The number of amides is 1. The van der Waals surface area contributed by atoms with Crippen molar-refractivity contribution in [3.8, 4) is 11.5 Å². The van der Waals surface area contributed by atoms with Gasteiger partial charge in [0.2, 0.25) is 5.91 Å². The number of carbonyl (C=O) groups is 1. The maximum absolute atomic E-state index is 13.3. The van der Waals surface area contributed by atoms with Gasteiger partial charge >= 0.3 is 0 Å². The Kier molecular flexibility index (Phi) is 6.53.